The van der Waals surface area contributed by atoms with Crippen molar-refractivity contribution >= 4 is 95.6 Å². The van der Waals surface area contributed by atoms with Crippen LogP contribution in [-0.2, 0) is 0 Å². The maximum atomic E-state index is 5.32. The Morgan fingerprint density at radius 1 is 0.364 bits per heavy atom. The maximum Gasteiger partial charge on any atom is 0.179 e. The number of benzene rings is 6. The van der Waals surface area contributed by atoms with Crippen molar-refractivity contribution in [3.63, 3.8) is 0 Å². The van der Waals surface area contributed by atoms with Gasteiger partial charge in [-0.2, -0.15) is 0 Å². The molecule has 0 N–H and O–H groups in total. The van der Waals surface area contributed by atoms with E-state index < -0.39 is 0 Å². The fraction of sp³-hybridized carbons (Fsp3) is 0. The van der Waals surface area contributed by atoms with E-state index in [2.05, 4.69) is 121 Å². The van der Waals surface area contributed by atoms with Crippen molar-refractivity contribution < 1.29 is 0 Å². The highest BCUT2D eigenvalue weighted by Crippen LogP contribution is 2.43. The Morgan fingerprint density at radius 2 is 1.00 bits per heavy atom. The van der Waals surface area contributed by atoms with Crippen LogP contribution >= 0.6 is 22.7 Å². The Morgan fingerprint density at radius 3 is 1.86 bits per heavy atom. The summed E-state index contributed by atoms with van der Waals surface area (Å²) in [4.78, 5) is 15.7. The van der Waals surface area contributed by atoms with E-state index in [4.69, 9.17) is 15.0 Å². The molecule has 0 aliphatic heterocycles. The third kappa shape index (κ3) is 3.45. The van der Waals surface area contributed by atoms with Gasteiger partial charge in [-0.25, -0.2) is 15.0 Å². The van der Waals surface area contributed by atoms with Gasteiger partial charge in [0.15, 0.2) is 5.82 Å². The lowest BCUT2D eigenvalue weighted by Gasteiger charge is -2.13. The highest BCUT2D eigenvalue weighted by molar-refractivity contribution is 7.26. The van der Waals surface area contributed by atoms with E-state index >= 15 is 0 Å². The van der Waals surface area contributed by atoms with Gasteiger partial charge in [0, 0.05) is 62.1 Å². The number of rotatable bonds is 2. The zero-order valence-corrected chi connectivity index (χ0v) is 24.9. The van der Waals surface area contributed by atoms with Gasteiger partial charge in [-0.3, -0.25) is 0 Å². The van der Waals surface area contributed by atoms with Gasteiger partial charge >= 0.3 is 0 Å². The van der Waals surface area contributed by atoms with E-state index in [-0.39, 0.29) is 0 Å². The number of nitrogens with zero attached hydrogens (tertiary/aromatic N) is 3. The standard InChI is InChI=1S/C39H21N3S2/c1-2-11-25-24(10-1)35-30(18-20-34-36(35)27-13-5-8-16-32(27)44-34)40-38(25)39-41-29-14-6-3-12-26(29)37(42-39)22-17-19-33-28(21-22)23-9-4-7-15-31(23)43-33/h1-21H. The van der Waals surface area contributed by atoms with E-state index in [9.17, 15) is 0 Å². The van der Waals surface area contributed by atoms with Crippen LogP contribution in [0.25, 0.3) is 95.7 Å². The quantitative estimate of drug-likeness (QED) is 0.187. The summed E-state index contributed by atoms with van der Waals surface area (Å²) < 4.78 is 5.15. The minimum atomic E-state index is 0.641. The first kappa shape index (κ1) is 24.2. The van der Waals surface area contributed by atoms with E-state index in [1.165, 1.54) is 51.1 Å². The molecule has 5 heteroatoms. The van der Waals surface area contributed by atoms with Gasteiger partial charge in [-0.1, -0.05) is 84.9 Å². The minimum absolute atomic E-state index is 0.641. The molecule has 0 atom stereocenters. The van der Waals surface area contributed by atoms with Crippen LogP contribution in [0, 0.1) is 0 Å². The minimum Gasteiger partial charge on any atom is -0.244 e. The van der Waals surface area contributed by atoms with Gasteiger partial charge in [0.1, 0.15) is 5.69 Å². The monoisotopic (exact) mass is 595 g/mol. The summed E-state index contributed by atoms with van der Waals surface area (Å²) in [6.07, 6.45) is 0. The third-order valence-electron chi connectivity index (χ3n) is 8.67. The number of hydrogen-bond acceptors (Lipinski definition) is 5. The molecule has 4 heterocycles. The van der Waals surface area contributed by atoms with Gasteiger partial charge < -0.3 is 0 Å². The molecule has 0 amide bonds. The predicted octanol–water partition coefficient (Wildman–Crippen LogP) is 11.4. The second kappa shape index (κ2) is 9.13. The van der Waals surface area contributed by atoms with Crippen LogP contribution in [0.2, 0.25) is 0 Å². The molecule has 0 spiro atoms. The lowest BCUT2D eigenvalue weighted by Crippen LogP contribution is -1.98. The first-order valence-electron chi connectivity index (χ1n) is 14.6. The van der Waals surface area contributed by atoms with Crippen LogP contribution < -0.4 is 0 Å². The summed E-state index contributed by atoms with van der Waals surface area (Å²) in [6, 6.07) is 45.2. The molecule has 0 radical (unpaired) electrons. The summed E-state index contributed by atoms with van der Waals surface area (Å²) in [5, 5.41) is 9.54. The van der Waals surface area contributed by atoms with Crippen molar-refractivity contribution in [1.82, 2.24) is 15.0 Å². The summed E-state index contributed by atoms with van der Waals surface area (Å²) in [5.41, 5.74) is 4.68. The molecule has 0 bridgehead atoms. The molecular weight excluding hydrogens is 575 g/mol. The molecule has 204 valence electrons. The van der Waals surface area contributed by atoms with Crippen molar-refractivity contribution in [1.29, 1.82) is 0 Å². The maximum absolute atomic E-state index is 5.32. The Hall–Kier alpha value is -5.23. The van der Waals surface area contributed by atoms with E-state index in [1.54, 1.807) is 0 Å². The van der Waals surface area contributed by atoms with Gasteiger partial charge in [-0.05, 0) is 47.9 Å². The molecular formula is C39H21N3S2. The van der Waals surface area contributed by atoms with Gasteiger partial charge in [0.25, 0.3) is 0 Å². The summed E-state index contributed by atoms with van der Waals surface area (Å²) in [7, 11) is 0. The van der Waals surface area contributed by atoms with Gasteiger partial charge in [0.05, 0.1) is 16.7 Å². The topological polar surface area (TPSA) is 38.7 Å². The Bertz CT molecular complexity index is 2790. The first-order valence-corrected chi connectivity index (χ1v) is 16.2. The zero-order chi connectivity index (χ0) is 28.8. The largest absolute Gasteiger partial charge is 0.244 e. The fourth-order valence-electron chi connectivity index (χ4n) is 6.71. The van der Waals surface area contributed by atoms with E-state index in [0.717, 1.165) is 38.8 Å². The van der Waals surface area contributed by atoms with E-state index in [1.807, 2.05) is 28.7 Å². The van der Waals surface area contributed by atoms with Crippen molar-refractivity contribution in [2.45, 2.75) is 0 Å². The van der Waals surface area contributed by atoms with Crippen LogP contribution in [-0.4, -0.2) is 15.0 Å². The highest BCUT2D eigenvalue weighted by atomic mass is 32.1. The molecule has 44 heavy (non-hydrogen) atoms. The zero-order valence-electron chi connectivity index (χ0n) is 23.3. The first-order chi connectivity index (χ1) is 21.8. The number of aromatic nitrogens is 3. The normalized spacial score (nSPS) is 12.1. The average Bonchev–Trinajstić information content (AvgIpc) is 3.65. The molecule has 10 aromatic rings. The fourth-order valence-corrected chi connectivity index (χ4v) is 8.91. The lowest BCUT2D eigenvalue weighted by atomic mass is 9.99. The second-order valence-corrected chi connectivity index (χ2v) is 13.3. The number of thiophene rings is 2. The smallest absolute Gasteiger partial charge is 0.179 e. The van der Waals surface area contributed by atoms with Crippen molar-refractivity contribution in [2.24, 2.45) is 0 Å². The third-order valence-corrected chi connectivity index (χ3v) is 11.0. The van der Waals surface area contributed by atoms with Crippen molar-refractivity contribution in [2.75, 3.05) is 0 Å². The molecule has 0 aliphatic rings. The second-order valence-electron chi connectivity index (χ2n) is 11.2. The molecule has 4 aromatic heterocycles. The molecule has 0 fully saturated rings. The van der Waals surface area contributed by atoms with Crippen molar-refractivity contribution in [3.8, 4) is 22.8 Å². The molecule has 6 aromatic carbocycles. The number of hydrogen-bond donors (Lipinski definition) is 0. The molecule has 10 rings (SSSR count). The van der Waals surface area contributed by atoms with E-state index in [0.29, 0.717) is 5.82 Å². The lowest BCUT2D eigenvalue weighted by molar-refractivity contribution is 1.20. The molecule has 0 unspecified atom stereocenters. The van der Waals surface area contributed by atoms with Crippen molar-refractivity contribution in [3.05, 3.63) is 127 Å². The molecule has 0 aliphatic carbocycles. The van der Waals surface area contributed by atoms with Crippen LogP contribution in [0.4, 0.5) is 0 Å². The Balaban J connectivity index is 1.28. The Labute approximate surface area is 259 Å². The molecule has 0 saturated carbocycles. The molecule has 3 nitrogen and oxygen atoms in total. The number of fused-ring (bicyclic) bond motifs is 11. The van der Waals surface area contributed by atoms with Crippen LogP contribution in [0.3, 0.4) is 0 Å². The highest BCUT2D eigenvalue weighted by Gasteiger charge is 2.19. The Kier molecular flexibility index (Phi) is 5.03. The summed E-state index contributed by atoms with van der Waals surface area (Å²) >= 11 is 3.67. The van der Waals surface area contributed by atoms with Crippen LogP contribution in [0.1, 0.15) is 0 Å². The SMILES string of the molecule is c1ccc2c(-c3ccc4sc5ccccc5c4c3)nc(-c3nc4ccc5sc6ccccc6c5c4c4ccccc34)nc2c1. The predicted molar refractivity (Wildman–Crippen MR) is 189 cm³/mol. The number of para-hydroxylation sites is 1. The molecule has 0 saturated heterocycles. The van der Waals surface area contributed by atoms with Crippen LogP contribution in [0.5, 0.6) is 0 Å². The summed E-state index contributed by atoms with van der Waals surface area (Å²) in [5.74, 6) is 0.641. The average molecular weight is 596 g/mol. The van der Waals surface area contributed by atoms with Crippen LogP contribution in [0.15, 0.2) is 127 Å². The van der Waals surface area contributed by atoms with Gasteiger partial charge in [-0.15, -0.1) is 22.7 Å². The van der Waals surface area contributed by atoms with Gasteiger partial charge in [0.2, 0.25) is 0 Å². The number of pyridine rings is 1. The summed E-state index contributed by atoms with van der Waals surface area (Å²) in [6.45, 7) is 0.